The molecule has 0 saturated heterocycles. The molecule has 0 aliphatic rings. The fourth-order valence-corrected chi connectivity index (χ4v) is 1.56. The molecule has 3 nitrogen and oxygen atoms in total. The van der Waals surface area contributed by atoms with Gasteiger partial charge in [-0.05, 0) is 36.2 Å². The number of pyridine rings is 1. The van der Waals surface area contributed by atoms with Crippen LogP contribution in [0.2, 0.25) is 0 Å². The molecule has 0 radical (unpaired) electrons. The highest BCUT2D eigenvalue weighted by atomic mass is 14.9. The number of aryl methyl sites for hydroxylation is 1. The van der Waals surface area contributed by atoms with E-state index in [9.17, 15) is 0 Å². The van der Waals surface area contributed by atoms with E-state index in [1.807, 2.05) is 24.3 Å². The smallest absolute Gasteiger partial charge is 0.142 e. The summed E-state index contributed by atoms with van der Waals surface area (Å²) in [6.45, 7) is 2.13. The van der Waals surface area contributed by atoms with Crippen molar-refractivity contribution in [1.29, 1.82) is 5.26 Å². The molecule has 3 heteroatoms. The van der Waals surface area contributed by atoms with Crippen LogP contribution in [0.4, 0.5) is 11.4 Å². The summed E-state index contributed by atoms with van der Waals surface area (Å²) in [5.74, 6) is 0. The van der Waals surface area contributed by atoms with Crippen LogP contribution in [-0.2, 0) is 6.42 Å². The van der Waals surface area contributed by atoms with Crippen molar-refractivity contribution in [3.8, 4) is 6.07 Å². The maximum Gasteiger partial charge on any atom is 0.142 e. The Morgan fingerprint density at radius 1 is 1.18 bits per heavy atom. The SMILES string of the molecule is CCc1ccc(Nc2ccnc(C#N)c2)cc1. The van der Waals surface area contributed by atoms with Crippen LogP contribution in [0.25, 0.3) is 0 Å². The van der Waals surface area contributed by atoms with Gasteiger partial charge in [-0.2, -0.15) is 5.26 Å². The van der Waals surface area contributed by atoms with E-state index in [4.69, 9.17) is 5.26 Å². The molecule has 2 rings (SSSR count). The topological polar surface area (TPSA) is 48.7 Å². The highest BCUT2D eigenvalue weighted by molar-refractivity contribution is 5.60. The van der Waals surface area contributed by atoms with Gasteiger partial charge in [0.2, 0.25) is 0 Å². The van der Waals surface area contributed by atoms with E-state index in [-0.39, 0.29) is 0 Å². The number of hydrogen-bond acceptors (Lipinski definition) is 3. The number of hydrogen-bond donors (Lipinski definition) is 1. The zero-order valence-corrected chi connectivity index (χ0v) is 9.64. The zero-order chi connectivity index (χ0) is 12.1. The third-order valence-electron chi connectivity index (χ3n) is 2.53. The van der Waals surface area contributed by atoms with Gasteiger partial charge in [-0.3, -0.25) is 0 Å². The van der Waals surface area contributed by atoms with Gasteiger partial charge in [0.05, 0.1) is 0 Å². The summed E-state index contributed by atoms with van der Waals surface area (Å²) in [5.41, 5.74) is 3.61. The molecule has 0 spiro atoms. The fourth-order valence-electron chi connectivity index (χ4n) is 1.56. The number of rotatable bonds is 3. The number of benzene rings is 1. The third kappa shape index (κ3) is 2.82. The van der Waals surface area contributed by atoms with Crippen LogP contribution < -0.4 is 5.32 Å². The van der Waals surface area contributed by atoms with Crippen molar-refractivity contribution in [1.82, 2.24) is 4.98 Å². The molecule has 0 aliphatic heterocycles. The Hall–Kier alpha value is -2.34. The molecule has 1 heterocycles. The van der Waals surface area contributed by atoms with E-state index in [0.29, 0.717) is 5.69 Å². The average Bonchev–Trinajstić information content (AvgIpc) is 2.40. The summed E-state index contributed by atoms with van der Waals surface area (Å²) in [6, 6.07) is 13.8. The largest absolute Gasteiger partial charge is 0.355 e. The second-order valence-corrected chi connectivity index (χ2v) is 3.72. The van der Waals surface area contributed by atoms with Crippen LogP contribution in [0.15, 0.2) is 42.6 Å². The summed E-state index contributed by atoms with van der Waals surface area (Å²) >= 11 is 0. The van der Waals surface area contributed by atoms with Gasteiger partial charge in [-0.25, -0.2) is 4.98 Å². The lowest BCUT2D eigenvalue weighted by atomic mass is 10.1. The first-order chi connectivity index (χ1) is 8.31. The molecule has 0 unspecified atom stereocenters. The minimum atomic E-state index is 0.417. The Morgan fingerprint density at radius 3 is 2.59 bits per heavy atom. The Morgan fingerprint density at radius 2 is 1.94 bits per heavy atom. The van der Waals surface area contributed by atoms with Crippen molar-refractivity contribution in [2.45, 2.75) is 13.3 Å². The first kappa shape index (κ1) is 11.2. The van der Waals surface area contributed by atoms with Crippen LogP contribution in [0.5, 0.6) is 0 Å². The lowest BCUT2D eigenvalue weighted by molar-refractivity contribution is 1.14. The molecule has 1 N–H and O–H groups in total. The number of nitriles is 1. The quantitative estimate of drug-likeness (QED) is 0.868. The molecular weight excluding hydrogens is 210 g/mol. The van der Waals surface area contributed by atoms with Crippen molar-refractivity contribution < 1.29 is 0 Å². The highest BCUT2D eigenvalue weighted by Gasteiger charge is 1.97. The molecule has 0 saturated carbocycles. The first-order valence-electron chi connectivity index (χ1n) is 5.54. The van der Waals surface area contributed by atoms with E-state index in [0.717, 1.165) is 17.8 Å². The monoisotopic (exact) mass is 223 g/mol. The Kier molecular flexibility index (Phi) is 3.37. The van der Waals surface area contributed by atoms with Gasteiger partial charge in [0, 0.05) is 17.6 Å². The van der Waals surface area contributed by atoms with E-state index in [2.05, 4.69) is 29.4 Å². The molecule has 0 bridgehead atoms. The molecule has 1 aromatic carbocycles. The Labute approximate surface area is 101 Å². The predicted molar refractivity (Wildman–Crippen MR) is 68.1 cm³/mol. The van der Waals surface area contributed by atoms with Crippen LogP contribution in [0.1, 0.15) is 18.2 Å². The van der Waals surface area contributed by atoms with Gasteiger partial charge in [-0.15, -0.1) is 0 Å². The van der Waals surface area contributed by atoms with Crippen molar-refractivity contribution in [3.05, 3.63) is 53.9 Å². The first-order valence-corrected chi connectivity index (χ1v) is 5.54. The number of anilines is 2. The second-order valence-electron chi connectivity index (χ2n) is 3.72. The summed E-state index contributed by atoms with van der Waals surface area (Å²) < 4.78 is 0. The number of nitrogens with zero attached hydrogens (tertiary/aromatic N) is 2. The van der Waals surface area contributed by atoms with Crippen LogP contribution in [0, 0.1) is 11.3 Å². The number of aromatic nitrogens is 1. The van der Waals surface area contributed by atoms with Crippen molar-refractivity contribution in [2.24, 2.45) is 0 Å². The molecule has 84 valence electrons. The van der Waals surface area contributed by atoms with Gasteiger partial charge in [0.1, 0.15) is 11.8 Å². The van der Waals surface area contributed by atoms with Gasteiger partial charge >= 0.3 is 0 Å². The van der Waals surface area contributed by atoms with E-state index >= 15 is 0 Å². The minimum Gasteiger partial charge on any atom is -0.355 e. The van der Waals surface area contributed by atoms with Crippen LogP contribution in [0.3, 0.4) is 0 Å². The van der Waals surface area contributed by atoms with Gasteiger partial charge in [0.15, 0.2) is 0 Å². The van der Waals surface area contributed by atoms with Crippen molar-refractivity contribution in [2.75, 3.05) is 5.32 Å². The molecule has 0 atom stereocenters. The molecular formula is C14H13N3. The summed E-state index contributed by atoms with van der Waals surface area (Å²) in [5, 5.41) is 12.0. The molecule has 0 aliphatic carbocycles. The van der Waals surface area contributed by atoms with E-state index in [1.54, 1.807) is 12.3 Å². The molecule has 17 heavy (non-hydrogen) atoms. The summed E-state index contributed by atoms with van der Waals surface area (Å²) in [4.78, 5) is 3.93. The van der Waals surface area contributed by atoms with Crippen LogP contribution >= 0.6 is 0 Å². The van der Waals surface area contributed by atoms with E-state index in [1.165, 1.54) is 5.56 Å². The molecule has 0 fully saturated rings. The minimum absolute atomic E-state index is 0.417. The van der Waals surface area contributed by atoms with Crippen molar-refractivity contribution >= 4 is 11.4 Å². The molecule has 1 aromatic heterocycles. The molecule has 0 amide bonds. The highest BCUT2D eigenvalue weighted by Crippen LogP contribution is 2.17. The van der Waals surface area contributed by atoms with Gasteiger partial charge in [-0.1, -0.05) is 19.1 Å². The maximum atomic E-state index is 8.76. The Bertz CT molecular complexity index is 538. The summed E-state index contributed by atoms with van der Waals surface area (Å²) in [7, 11) is 0. The second kappa shape index (κ2) is 5.13. The average molecular weight is 223 g/mol. The lowest BCUT2D eigenvalue weighted by Gasteiger charge is -2.06. The van der Waals surface area contributed by atoms with Crippen LogP contribution in [-0.4, -0.2) is 4.98 Å². The Balaban J connectivity index is 2.16. The summed E-state index contributed by atoms with van der Waals surface area (Å²) in [6.07, 6.45) is 2.66. The lowest BCUT2D eigenvalue weighted by Crippen LogP contribution is -1.92. The van der Waals surface area contributed by atoms with Gasteiger partial charge < -0.3 is 5.32 Å². The predicted octanol–water partition coefficient (Wildman–Crippen LogP) is 3.26. The van der Waals surface area contributed by atoms with Crippen molar-refractivity contribution in [3.63, 3.8) is 0 Å². The standard InChI is InChI=1S/C14H13N3/c1-2-11-3-5-12(6-4-11)17-13-7-8-16-14(9-13)10-15/h3-9H,2H2,1H3,(H,16,17). The maximum absolute atomic E-state index is 8.76. The zero-order valence-electron chi connectivity index (χ0n) is 9.64. The van der Waals surface area contributed by atoms with Gasteiger partial charge in [0.25, 0.3) is 0 Å². The fraction of sp³-hybridized carbons (Fsp3) is 0.143. The van der Waals surface area contributed by atoms with E-state index < -0.39 is 0 Å². The molecule has 2 aromatic rings. The number of nitrogens with one attached hydrogen (secondary N) is 1. The normalized spacial score (nSPS) is 9.65. The third-order valence-corrected chi connectivity index (χ3v) is 2.53.